The molecule has 3 rings (SSSR count). The van der Waals surface area contributed by atoms with E-state index in [0.717, 1.165) is 0 Å². The molecule has 0 spiro atoms. The first-order valence-electron chi connectivity index (χ1n) is 8.60. The van der Waals surface area contributed by atoms with Crippen LogP contribution in [0, 0.1) is 0 Å². The van der Waals surface area contributed by atoms with E-state index in [0.29, 0.717) is 28.7 Å². The summed E-state index contributed by atoms with van der Waals surface area (Å²) in [5, 5.41) is 5.54. The Labute approximate surface area is 152 Å². The molecule has 0 saturated carbocycles. The summed E-state index contributed by atoms with van der Waals surface area (Å²) in [6.45, 7) is 4.67. The Balaban J connectivity index is 1.45. The van der Waals surface area contributed by atoms with Crippen molar-refractivity contribution in [2.75, 3.05) is 18.7 Å². The highest BCUT2D eigenvalue weighted by molar-refractivity contribution is 5.95. The van der Waals surface area contributed by atoms with E-state index in [4.69, 9.17) is 9.47 Å². The molecule has 6 heteroatoms. The Morgan fingerprint density at radius 2 is 1.77 bits per heavy atom. The molecule has 0 aliphatic carbocycles. The summed E-state index contributed by atoms with van der Waals surface area (Å²) in [4.78, 5) is 24.1. The Morgan fingerprint density at radius 1 is 1.04 bits per heavy atom. The third kappa shape index (κ3) is 4.33. The fourth-order valence-electron chi connectivity index (χ4n) is 2.61. The van der Waals surface area contributed by atoms with Crippen LogP contribution in [0.2, 0.25) is 0 Å². The van der Waals surface area contributed by atoms with E-state index in [1.54, 1.807) is 30.3 Å². The Hall–Kier alpha value is -3.02. The number of benzene rings is 2. The summed E-state index contributed by atoms with van der Waals surface area (Å²) in [5.74, 6) is 1.34. The van der Waals surface area contributed by atoms with Gasteiger partial charge in [-0.05, 0) is 35.7 Å². The van der Waals surface area contributed by atoms with Gasteiger partial charge in [-0.15, -0.1) is 0 Å². The number of fused-ring (bicyclic) bond motifs is 1. The quantitative estimate of drug-likeness (QED) is 0.834. The molecule has 0 bridgehead atoms. The lowest BCUT2D eigenvalue weighted by molar-refractivity contribution is -0.116. The normalized spacial score (nSPS) is 12.1. The van der Waals surface area contributed by atoms with Crippen molar-refractivity contribution in [2.24, 2.45) is 0 Å². The Morgan fingerprint density at radius 3 is 2.50 bits per heavy atom. The van der Waals surface area contributed by atoms with Gasteiger partial charge in [0, 0.05) is 30.3 Å². The Bertz CT molecular complexity index is 800. The monoisotopic (exact) mass is 354 g/mol. The average Bonchev–Trinajstić information content (AvgIpc) is 3.09. The van der Waals surface area contributed by atoms with Crippen LogP contribution in [0.15, 0.2) is 42.5 Å². The van der Waals surface area contributed by atoms with Gasteiger partial charge < -0.3 is 20.1 Å². The zero-order chi connectivity index (χ0) is 18.5. The number of amides is 2. The second-order valence-corrected chi connectivity index (χ2v) is 6.40. The van der Waals surface area contributed by atoms with Gasteiger partial charge in [-0.3, -0.25) is 9.59 Å². The lowest BCUT2D eigenvalue weighted by Gasteiger charge is -2.09. The fourth-order valence-corrected chi connectivity index (χ4v) is 2.61. The van der Waals surface area contributed by atoms with E-state index in [2.05, 4.69) is 24.5 Å². The molecule has 6 nitrogen and oxygen atoms in total. The third-order valence-electron chi connectivity index (χ3n) is 4.13. The van der Waals surface area contributed by atoms with Crippen LogP contribution in [-0.2, 0) is 4.79 Å². The van der Waals surface area contributed by atoms with Crippen molar-refractivity contribution in [3.63, 3.8) is 0 Å². The van der Waals surface area contributed by atoms with E-state index in [1.807, 2.05) is 12.1 Å². The van der Waals surface area contributed by atoms with Gasteiger partial charge in [-0.2, -0.15) is 0 Å². The molecule has 2 amide bonds. The smallest absolute Gasteiger partial charge is 0.251 e. The first kappa shape index (κ1) is 17.8. The number of ether oxygens (including phenoxy) is 2. The lowest BCUT2D eigenvalue weighted by Crippen LogP contribution is -2.27. The molecule has 0 atom stereocenters. The van der Waals surface area contributed by atoms with Crippen molar-refractivity contribution < 1.29 is 19.1 Å². The summed E-state index contributed by atoms with van der Waals surface area (Å²) in [7, 11) is 0. The molecule has 0 saturated heterocycles. The summed E-state index contributed by atoms with van der Waals surface area (Å²) < 4.78 is 10.5. The molecular weight excluding hydrogens is 332 g/mol. The summed E-state index contributed by atoms with van der Waals surface area (Å²) >= 11 is 0. The van der Waals surface area contributed by atoms with Crippen LogP contribution in [0.25, 0.3) is 0 Å². The van der Waals surface area contributed by atoms with E-state index in [1.165, 1.54) is 5.56 Å². The molecule has 1 heterocycles. The maximum atomic E-state index is 12.1. The zero-order valence-corrected chi connectivity index (χ0v) is 14.9. The van der Waals surface area contributed by atoms with Crippen molar-refractivity contribution >= 4 is 17.5 Å². The standard InChI is InChI=1S/C20H22N2O4/c1-13(2)14-3-5-15(6-4-14)20(24)21-10-9-19(23)22-16-7-8-17-18(11-16)26-12-25-17/h3-8,11,13H,9-10,12H2,1-2H3,(H,21,24)(H,22,23). The van der Waals surface area contributed by atoms with Gasteiger partial charge >= 0.3 is 0 Å². The second-order valence-electron chi connectivity index (χ2n) is 6.40. The molecule has 1 aliphatic heterocycles. The van der Waals surface area contributed by atoms with Crippen LogP contribution in [0.3, 0.4) is 0 Å². The van der Waals surface area contributed by atoms with Gasteiger partial charge in [0.2, 0.25) is 12.7 Å². The number of hydrogen-bond acceptors (Lipinski definition) is 4. The Kier molecular flexibility index (Phi) is 5.41. The number of nitrogens with one attached hydrogen (secondary N) is 2. The van der Waals surface area contributed by atoms with E-state index >= 15 is 0 Å². The lowest BCUT2D eigenvalue weighted by atomic mass is 10.0. The summed E-state index contributed by atoms with van der Waals surface area (Å²) in [6, 6.07) is 12.7. The van der Waals surface area contributed by atoms with Crippen LogP contribution in [-0.4, -0.2) is 25.2 Å². The van der Waals surface area contributed by atoms with Gasteiger partial charge in [-0.25, -0.2) is 0 Å². The van der Waals surface area contributed by atoms with E-state index in [-0.39, 0.29) is 31.6 Å². The molecule has 136 valence electrons. The van der Waals surface area contributed by atoms with Crippen molar-refractivity contribution in [1.29, 1.82) is 0 Å². The summed E-state index contributed by atoms with van der Waals surface area (Å²) in [5.41, 5.74) is 2.41. The van der Waals surface area contributed by atoms with E-state index < -0.39 is 0 Å². The molecular formula is C20H22N2O4. The van der Waals surface area contributed by atoms with Crippen LogP contribution < -0.4 is 20.1 Å². The number of anilines is 1. The topological polar surface area (TPSA) is 76.7 Å². The molecule has 1 aliphatic rings. The highest BCUT2D eigenvalue weighted by Gasteiger charge is 2.14. The number of hydrogen-bond donors (Lipinski definition) is 2. The molecule has 2 aromatic rings. The summed E-state index contributed by atoms with van der Waals surface area (Å²) in [6.07, 6.45) is 0.185. The molecule has 26 heavy (non-hydrogen) atoms. The van der Waals surface area contributed by atoms with Crippen LogP contribution in [0.5, 0.6) is 11.5 Å². The first-order valence-corrected chi connectivity index (χ1v) is 8.60. The molecule has 0 radical (unpaired) electrons. The number of carbonyl (C=O) groups excluding carboxylic acids is 2. The SMILES string of the molecule is CC(C)c1ccc(C(=O)NCCC(=O)Nc2ccc3c(c2)OCO3)cc1. The maximum Gasteiger partial charge on any atom is 0.251 e. The molecule has 0 unspecified atom stereocenters. The largest absolute Gasteiger partial charge is 0.454 e. The minimum absolute atomic E-state index is 0.181. The van der Waals surface area contributed by atoms with Gasteiger partial charge in [0.15, 0.2) is 11.5 Å². The minimum atomic E-state index is -0.184. The zero-order valence-electron chi connectivity index (χ0n) is 14.9. The predicted molar refractivity (Wildman–Crippen MR) is 98.7 cm³/mol. The van der Waals surface area contributed by atoms with Crippen molar-refractivity contribution in [2.45, 2.75) is 26.2 Å². The first-order chi connectivity index (χ1) is 12.5. The highest BCUT2D eigenvalue weighted by atomic mass is 16.7. The van der Waals surface area contributed by atoms with Crippen LogP contribution >= 0.6 is 0 Å². The van der Waals surface area contributed by atoms with Crippen molar-refractivity contribution in [3.8, 4) is 11.5 Å². The van der Waals surface area contributed by atoms with Crippen molar-refractivity contribution in [3.05, 3.63) is 53.6 Å². The van der Waals surface area contributed by atoms with E-state index in [9.17, 15) is 9.59 Å². The maximum absolute atomic E-state index is 12.1. The molecule has 0 fully saturated rings. The minimum Gasteiger partial charge on any atom is -0.454 e. The number of carbonyl (C=O) groups is 2. The predicted octanol–water partition coefficient (Wildman–Crippen LogP) is 3.30. The second kappa shape index (κ2) is 7.91. The van der Waals surface area contributed by atoms with Gasteiger partial charge in [0.1, 0.15) is 0 Å². The third-order valence-corrected chi connectivity index (χ3v) is 4.13. The number of rotatable bonds is 6. The van der Waals surface area contributed by atoms with Gasteiger partial charge in [0.05, 0.1) is 0 Å². The fraction of sp³-hybridized carbons (Fsp3) is 0.300. The average molecular weight is 354 g/mol. The molecule has 0 aromatic heterocycles. The van der Waals surface area contributed by atoms with Gasteiger partial charge in [0.25, 0.3) is 5.91 Å². The van der Waals surface area contributed by atoms with Gasteiger partial charge in [-0.1, -0.05) is 26.0 Å². The molecule has 2 aromatic carbocycles. The van der Waals surface area contributed by atoms with Crippen LogP contribution in [0.1, 0.15) is 42.1 Å². The highest BCUT2D eigenvalue weighted by Crippen LogP contribution is 2.34. The van der Waals surface area contributed by atoms with Crippen LogP contribution in [0.4, 0.5) is 5.69 Å². The molecule has 2 N–H and O–H groups in total. The van der Waals surface area contributed by atoms with Crippen molar-refractivity contribution in [1.82, 2.24) is 5.32 Å².